The smallest absolute Gasteiger partial charge is 0.255 e. The molecule has 0 aliphatic carbocycles. The SMILES string of the molecule is CCCn1cccc(C(N)c2ccc(OC)cc2)c1=O. The third-order valence-corrected chi connectivity index (χ3v) is 3.32. The van der Waals surface area contributed by atoms with Gasteiger partial charge in [0.15, 0.2) is 0 Å². The molecule has 2 rings (SSSR count). The number of aryl methyl sites for hydroxylation is 1. The zero-order chi connectivity index (χ0) is 14.5. The molecule has 4 heteroatoms. The largest absolute Gasteiger partial charge is 0.497 e. The number of hydrogen-bond donors (Lipinski definition) is 1. The Morgan fingerprint density at radius 3 is 2.55 bits per heavy atom. The molecule has 0 radical (unpaired) electrons. The second kappa shape index (κ2) is 6.39. The lowest BCUT2D eigenvalue weighted by Crippen LogP contribution is -2.28. The van der Waals surface area contributed by atoms with Crippen molar-refractivity contribution in [2.45, 2.75) is 25.9 Å². The first-order valence-corrected chi connectivity index (χ1v) is 6.76. The fraction of sp³-hybridized carbons (Fsp3) is 0.312. The van der Waals surface area contributed by atoms with Crippen LogP contribution in [0.25, 0.3) is 0 Å². The first-order valence-electron chi connectivity index (χ1n) is 6.76. The molecule has 0 bridgehead atoms. The van der Waals surface area contributed by atoms with Gasteiger partial charge in [0.2, 0.25) is 0 Å². The fourth-order valence-electron chi connectivity index (χ4n) is 2.20. The quantitative estimate of drug-likeness (QED) is 0.908. The number of methoxy groups -OCH3 is 1. The number of pyridine rings is 1. The van der Waals surface area contributed by atoms with E-state index in [0.717, 1.165) is 17.7 Å². The molecular formula is C16H20N2O2. The first kappa shape index (κ1) is 14.3. The van der Waals surface area contributed by atoms with Gasteiger partial charge < -0.3 is 15.0 Å². The predicted molar refractivity (Wildman–Crippen MR) is 80.0 cm³/mol. The summed E-state index contributed by atoms with van der Waals surface area (Å²) in [4.78, 5) is 12.4. The van der Waals surface area contributed by atoms with Crippen LogP contribution in [-0.2, 0) is 6.54 Å². The van der Waals surface area contributed by atoms with Gasteiger partial charge in [-0.05, 0) is 30.2 Å². The van der Waals surface area contributed by atoms with Crippen molar-refractivity contribution in [3.63, 3.8) is 0 Å². The van der Waals surface area contributed by atoms with Gasteiger partial charge in [-0.25, -0.2) is 0 Å². The summed E-state index contributed by atoms with van der Waals surface area (Å²) in [6.07, 6.45) is 2.72. The lowest BCUT2D eigenvalue weighted by atomic mass is 10.0. The standard InChI is InChI=1S/C16H20N2O2/c1-3-10-18-11-4-5-14(16(18)19)15(17)12-6-8-13(20-2)9-7-12/h4-9,11,15H,3,10,17H2,1-2H3. The van der Waals surface area contributed by atoms with E-state index < -0.39 is 6.04 Å². The van der Waals surface area contributed by atoms with Crippen LogP contribution < -0.4 is 16.0 Å². The van der Waals surface area contributed by atoms with Crippen LogP contribution in [0, 0.1) is 0 Å². The Balaban J connectivity index is 2.34. The highest BCUT2D eigenvalue weighted by atomic mass is 16.5. The highest BCUT2D eigenvalue weighted by Crippen LogP contribution is 2.19. The molecule has 0 amide bonds. The van der Waals surface area contributed by atoms with E-state index in [1.807, 2.05) is 37.3 Å². The molecule has 0 saturated carbocycles. The van der Waals surface area contributed by atoms with Crippen LogP contribution >= 0.6 is 0 Å². The van der Waals surface area contributed by atoms with E-state index in [9.17, 15) is 4.79 Å². The summed E-state index contributed by atoms with van der Waals surface area (Å²) in [6.45, 7) is 2.75. The summed E-state index contributed by atoms with van der Waals surface area (Å²) in [6, 6.07) is 10.7. The van der Waals surface area contributed by atoms with E-state index in [4.69, 9.17) is 10.5 Å². The zero-order valence-corrected chi connectivity index (χ0v) is 11.9. The molecule has 20 heavy (non-hydrogen) atoms. The van der Waals surface area contributed by atoms with Crippen molar-refractivity contribution in [1.82, 2.24) is 4.57 Å². The Bertz CT molecular complexity index is 617. The number of rotatable bonds is 5. The average molecular weight is 272 g/mol. The maximum atomic E-state index is 12.4. The van der Waals surface area contributed by atoms with Crippen LogP contribution in [0.2, 0.25) is 0 Å². The van der Waals surface area contributed by atoms with Crippen molar-refractivity contribution >= 4 is 0 Å². The van der Waals surface area contributed by atoms with Crippen molar-refractivity contribution in [2.75, 3.05) is 7.11 Å². The zero-order valence-electron chi connectivity index (χ0n) is 11.9. The molecule has 0 spiro atoms. The van der Waals surface area contributed by atoms with E-state index in [1.54, 1.807) is 23.9 Å². The molecule has 2 aromatic rings. The fourth-order valence-corrected chi connectivity index (χ4v) is 2.20. The van der Waals surface area contributed by atoms with Gasteiger partial charge >= 0.3 is 0 Å². The van der Waals surface area contributed by atoms with Gasteiger partial charge in [0.1, 0.15) is 5.75 Å². The van der Waals surface area contributed by atoms with E-state index in [-0.39, 0.29) is 5.56 Å². The molecule has 0 aliphatic heterocycles. The number of hydrogen-bond acceptors (Lipinski definition) is 3. The van der Waals surface area contributed by atoms with Crippen LogP contribution in [0.1, 0.15) is 30.5 Å². The molecule has 106 valence electrons. The van der Waals surface area contributed by atoms with Crippen LogP contribution in [0.15, 0.2) is 47.4 Å². The second-order valence-electron chi connectivity index (χ2n) is 4.71. The van der Waals surface area contributed by atoms with Gasteiger partial charge in [-0.2, -0.15) is 0 Å². The third kappa shape index (κ3) is 2.91. The molecule has 0 aliphatic rings. The van der Waals surface area contributed by atoms with Gasteiger partial charge in [-0.1, -0.05) is 25.1 Å². The number of nitrogens with two attached hydrogens (primary N) is 1. The Morgan fingerprint density at radius 1 is 1.25 bits per heavy atom. The minimum absolute atomic E-state index is 0.0160. The van der Waals surface area contributed by atoms with Crippen molar-refractivity contribution in [3.05, 3.63) is 64.1 Å². The highest BCUT2D eigenvalue weighted by molar-refractivity contribution is 5.34. The summed E-state index contributed by atoms with van der Waals surface area (Å²) in [7, 11) is 1.62. The normalized spacial score (nSPS) is 12.2. The van der Waals surface area contributed by atoms with Gasteiger partial charge in [0, 0.05) is 18.3 Å². The molecular weight excluding hydrogens is 252 g/mol. The summed E-state index contributed by atoms with van der Waals surface area (Å²) in [5.74, 6) is 0.775. The molecule has 0 saturated heterocycles. The summed E-state index contributed by atoms with van der Waals surface area (Å²) in [5.41, 5.74) is 7.72. The Hall–Kier alpha value is -2.07. The number of benzene rings is 1. The van der Waals surface area contributed by atoms with Crippen LogP contribution in [0.5, 0.6) is 5.75 Å². The monoisotopic (exact) mass is 272 g/mol. The highest BCUT2D eigenvalue weighted by Gasteiger charge is 2.13. The number of aromatic nitrogens is 1. The second-order valence-corrected chi connectivity index (χ2v) is 4.71. The van der Waals surface area contributed by atoms with Gasteiger partial charge in [0.05, 0.1) is 13.2 Å². The average Bonchev–Trinajstić information content (AvgIpc) is 2.49. The summed E-state index contributed by atoms with van der Waals surface area (Å²) >= 11 is 0. The first-order chi connectivity index (χ1) is 9.67. The van der Waals surface area contributed by atoms with E-state index >= 15 is 0 Å². The minimum atomic E-state index is -0.419. The van der Waals surface area contributed by atoms with E-state index in [2.05, 4.69) is 0 Å². The maximum absolute atomic E-state index is 12.4. The van der Waals surface area contributed by atoms with Crippen LogP contribution in [-0.4, -0.2) is 11.7 Å². The predicted octanol–water partition coefficient (Wildman–Crippen LogP) is 2.32. The van der Waals surface area contributed by atoms with Gasteiger partial charge in [0.25, 0.3) is 5.56 Å². The van der Waals surface area contributed by atoms with Crippen molar-refractivity contribution < 1.29 is 4.74 Å². The summed E-state index contributed by atoms with van der Waals surface area (Å²) < 4.78 is 6.83. The molecule has 4 nitrogen and oxygen atoms in total. The van der Waals surface area contributed by atoms with E-state index in [1.165, 1.54) is 0 Å². The van der Waals surface area contributed by atoms with Crippen molar-refractivity contribution in [3.8, 4) is 5.75 Å². The lowest BCUT2D eigenvalue weighted by molar-refractivity contribution is 0.414. The molecule has 0 fully saturated rings. The third-order valence-electron chi connectivity index (χ3n) is 3.32. The number of nitrogens with zero attached hydrogens (tertiary/aromatic N) is 1. The molecule has 1 unspecified atom stereocenters. The molecule has 1 aromatic carbocycles. The Kier molecular flexibility index (Phi) is 4.58. The lowest BCUT2D eigenvalue weighted by Gasteiger charge is -2.14. The van der Waals surface area contributed by atoms with Gasteiger partial charge in [-0.3, -0.25) is 4.79 Å². The van der Waals surface area contributed by atoms with Crippen LogP contribution in [0.3, 0.4) is 0 Å². The summed E-state index contributed by atoms with van der Waals surface area (Å²) in [5, 5.41) is 0. The molecule has 2 N–H and O–H groups in total. The van der Waals surface area contributed by atoms with E-state index in [0.29, 0.717) is 12.1 Å². The Labute approximate surface area is 118 Å². The molecule has 1 atom stereocenters. The number of ether oxygens (including phenoxy) is 1. The molecule has 1 heterocycles. The maximum Gasteiger partial charge on any atom is 0.255 e. The van der Waals surface area contributed by atoms with Gasteiger partial charge in [-0.15, -0.1) is 0 Å². The Morgan fingerprint density at radius 2 is 1.95 bits per heavy atom. The van der Waals surface area contributed by atoms with Crippen molar-refractivity contribution in [1.29, 1.82) is 0 Å². The van der Waals surface area contributed by atoms with Crippen LogP contribution in [0.4, 0.5) is 0 Å². The van der Waals surface area contributed by atoms with Crippen molar-refractivity contribution in [2.24, 2.45) is 5.73 Å². The molecule has 1 aromatic heterocycles. The topological polar surface area (TPSA) is 57.2 Å². The minimum Gasteiger partial charge on any atom is -0.497 e.